The highest BCUT2D eigenvalue weighted by Crippen LogP contribution is 2.39. The molecule has 4 rings (SSSR count). The van der Waals surface area contributed by atoms with Gasteiger partial charge in [-0.15, -0.1) is 0 Å². The molecule has 0 saturated carbocycles. The molecule has 3 aromatic rings. The molecule has 0 saturated heterocycles. The van der Waals surface area contributed by atoms with Crippen LogP contribution in [-0.2, 0) is 19.4 Å². The van der Waals surface area contributed by atoms with Crippen molar-refractivity contribution in [1.29, 1.82) is 0 Å². The van der Waals surface area contributed by atoms with E-state index < -0.39 is 0 Å². The number of phenolic OH excluding ortho intramolecular Hbond substituents is 2. The fraction of sp³-hybridized carbons (Fsp3) is 0.280. The van der Waals surface area contributed by atoms with Crippen LogP contribution < -0.4 is 4.90 Å². The molecule has 0 amide bonds. The predicted octanol–water partition coefficient (Wildman–Crippen LogP) is 5.40. The summed E-state index contributed by atoms with van der Waals surface area (Å²) in [6.07, 6.45) is 2.99. The molecule has 3 aromatic carbocycles. The fourth-order valence-corrected chi connectivity index (χ4v) is 4.33. The Labute approximate surface area is 166 Å². The van der Waals surface area contributed by atoms with E-state index in [9.17, 15) is 10.2 Å². The van der Waals surface area contributed by atoms with Crippen molar-refractivity contribution in [1.82, 2.24) is 0 Å². The zero-order chi connectivity index (χ0) is 19.5. The topological polar surface area (TPSA) is 43.7 Å². The molecule has 0 spiro atoms. The van der Waals surface area contributed by atoms with Crippen LogP contribution in [0.3, 0.4) is 0 Å². The normalized spacial score (nSPS) is 15.8. The lowest BCUT2D eigenvalue weighted by Crippen LogP contribution is -2.25. The first-order valence-corrected chi connectivity index (χ1v) is 10.1. The Kier molecular flexibility index (Phi) is 5.25. The van der Waals surface area contributed by atoms with Crippen LogP contribution in [0.5, 0.6) is 11.5 Å². The number of benzene rings is 3. The van der Waals surface area contributed by atoms with Crippen molar-refractivity contribution in [3.05, 3.63) is 89.0 Å². The summed E-state index contributed by atoms with van der Waals surface area (Å²) in [5, 5.41) is 19.9. The van der Waals surface area contributed by atoms with Gasteiger partial charge in [-0.05, 0) is 72.6 Å². The van der Waals surface area contributed by atoms with Gasteiger partial charge in [0.15, 0.2) is 0 Å². The summed E-state index contributed by atoms with van der Waals surface area (Å²) in [5.41, 5.74) is 6.27. The monoisotopic (exact) mass is 373 g/mol. The van der Waals surface area contributed by atoms with E-state index in [0.717, 1.165) is 38.0 Å². The van der Waals surface area contributed by atoms with E-state index in [1.807, 2.05) is 24.3 Å². The van der Waals surface area contributed by atoms with Gasteiger partial charge in [0.1, 0.15) is 11.5 Å². The van der Waals surface area contributed by atoms with Crippen LogP contribution in [0.1, 0.15) is 41.5 Å². The minimum Gasteiger partial charge on any atom is -0.508 e. The lowest BCUT2D eigenvalue weighted by molar-refractivity contribution is 0.471. The number of hydrogen-bond acceptors (Lipinski definition) is 3. The molecule has 0 radical (unpaired) electrons. The van der Waals surface area contributed by atoms with Crippen molar-refractivity contribution < 1.29 is 10.2 Å². The summed E-state index contributed by atoms with van der Waals surface area (Å²) >= 11 is 0. The van der Waals surface area contributed by atoms with E-state index in [1.165, 1.54) is 22.3 Å². The number of hydrogen-bond donors (Lipinski definition) is 2. The zero-order valence-electron chi connectivity index (χ0n) is 16.3. The van der Waals surface area contributed by atoms with Crippen LogP contribution in [0.25, 0.3) is 0 Å². The first-order valence-electron chi connectivity index (χ1n) is 10.1. The minimum absolute atomic E-state index is 0.311. The van der Waals surface area contributed by atoms with E-state index in [2.05, 4.69) is 48.2 Å². The van der Waals surface area contributed by atoms with Crippen LogP contribution in [0.15, 0.2) is 66.7 Å². The van der Waals surface area contributed by atoms with Gasteiger partial charge in [-0.25, -0.2) is 0 Å². The van der Waals surface area contributed by atoms with Gasteiger partial charge in [0, 0.05) is 24.8 Å². The maximum absolute atomic E-state index is 10.2. The lowest BCUT2D eigenvalue weighted by Gasteiger charge is -2.31. The Morgan fingerprint density at radius 1 is 0.893 bits per heavy atom. The highest BCUT2D eigenvalue weighted by atomic mass is 16.3. The van der Waals surface area contributed by atoms with Gasteiger partial charge in [-0.1, -0.05) is 42.5 Å². The van der Waals surface area contributed by atoms with Gasteiger partial charge in [-0.3, -0.25) is 0 Å². The molecule has 2 N–H and O–H groups in total. The summed E-state index contributed by atoms with van der Waals surface area (Å²) in [4.78, 5) is 2.34. The third kappa shape index (κ3) is 3.84. The van der Waals surface area contributed by atoms with Gasteiger partial charge < -0.3 is 15.1 Å². The SMILES string of the molecule is CCN(Cc1ccccc1)c1cc(O)ccc1C1CCc2cc(O)ccc2C1. The smallest absolute Gasteiger partial charge is 0.117 e. The second-order valence-corrected chi connectivity index (χ2v) is 7.64. The second-order valence-electron chi connectivity index (χ2n) is 7.64. The molecule has 1 aliphatic rings. The second kappa shape index (κ2) is 7.97. The van der Waals surface area contributed by atoms with Crippen LogP contribution in [0, 0.1) is 0 Å². The molecule has 1 aliphatic carbocycles. The average molecular weight is 373 g/mol. The molecule has 0 aliphatic heterocycles. The summed E-state index contributed by atoms with van der Waals surface area (Å²) < 4.78 is 0. The lowest BCUT2D eigenvalue weighted by atomic mass is 9.79. The molecule has 0 fully saturated rings. The van der Waals surface area contributed by atoms with Crippen molar-refractivity contribution in [3.63, 3.8) is 0 Å². The highest BCUT2D eigenvalue weighted by Gasteiger charge is 2.24. The molecular formula is C25H27NO2. The molecule has 144 valence electrons. The minimum atomic E-state index is 0.311. The molecule has 0 heterocycles. The van der Waals surface area contributed by atoms with E-state index in [-0.39, 0.29) is 0 Å². The average Bonchev–Trinajstić information content (AvgIpc) is 2.72. The van der Waals surface area contributed by atoms with E-state index in [1.54, 1.807) is 6.07 Å². The quantitative estimate of drug-likeness (QED) is 0.629. The fourth-order valence-electron chi connectivity index (χ4n) is 4.33. The number of aryl methyl sites for hydroxylation is 1. The molecule has 1 unspecified atom stereocenters. The Hall–Kier alpha value is -2.94. The van der Waals surface area contributed by atoms with E-state index in [4.69, 9.17) is 0 Å². The Morgan fingerprint density at radius 3 is 2.43 bits per heavy atom. The van der Waals surface area contributed by atoms with Crippen LogP contribution >= 0.6 is 0 Å². The molecule has 3 nitrogen and oxygen atoms in total. The summed E-state index contributed by atoms with van der Waals surface area (Å²) in [6.45, 7) is 3.86. The standard InChI is InChI=1S/C25H27NO2/c1-2-26(17-18-6-4-3-5-7-18)25-16-23(28)12-13-24(25)21-9-8-20-15-22(27)11-10-19(20)14-21/h3-7,10-13,15-16,21,27-28H,2,8-9,14,17H2,1H3. The Bertz CT molecular complexity index is 952. The molecule has 1 atom stereocenters. The highest BCUT2D eigenvalue weighted by molar-refractivity contribution is 5.59. The number of rotatable bonds is 5. The van der Waals surface area contributed by atoms with Crippen LogP contribution in [-0.4, -0.2) is 16.8 Å². The predicted molar refractivity (Wildman–Crippen MR) is 114 cm³/mol. The summed E-state index contributed by atoms with van der Waals surface area (Å²) in [7, 11) is 0. The summed E-state index contributed by atoms with van der Waals surface area (Å²) in [6, 6.07) is 22.0. The van der Waals surface area contributed by atoms with Crippen LogP contribution in [0.4, 0.5) is 5.69 Å². The number of nitrogens with zero attached hydrogens (tertiary/aromatic N) is 1. The maximum Gasteiger partial charge on any atom is 0.117 e. The maximum atomic E-state index is 10.2. The number of phenols is 2. The van der Waals surface area contributed by atoms with Crippen molar-refractivity contribution >= 4 is 5.69 Å². The summed E-state index contributed by atoms with van der Waals surface area (Å²) in [5.74, 6) is 1.08. The molecular weight excluding hydrogens is 346 g/mol. The van der Waals surface area contributed by atoms with Gasteiger partial charge >= 0.3 is 0 Å². The van der Waals surface area contributed by atoms with Crippen molar-refractivity contribution in [2.75, 3.05) is 11.4 Å². The third-order valence-corrected chi connectivity index (χ3v) is 5.81. The van der Waals surface area contributed by atoms with Crippen LogP contribution in [0.2, 0.25) is 0 Å². The third-order valence-electron chi connectivity index (χ3n) is 5.81. The zero-order valence-corrected chi connectivity index (χ0v) is 16.3. The van der Waals surface area contributed by atoms with Gasteiger partial charge in [0.05, 0.1) is 0 Å². The van der Waals surface area contributed by atoms with Crippen molar-refractivity contribution in [2.45, 2.75) is 38.6 Å². The van der Waals surface area contributed by atoms with E-state index >= 15 is 0 Å². The van der Waals surface area contributed by atoms with Crippen molar-refractivity contribution in [3.8, 4) is 11.5 Å². The number of fused-ring (bicyclic) bond motifs is 1. The first-order chi connectivity index (χ1) is 13.6. The van der Waals surface area contributed by atoms with Gasteiger partial charge in [-0.2, -0.15) is 0 Å². The molecule has 0 aromatic heterocycles. The van der Waals surface area contributed by atoms with Gasteiger partial charge in [0.2, 0.25) is 0 Å². The first kappa shape index (κ1) is 18.4. The number of aromatic hydroxyl groups is 2. The molecule has 3 heteroatoms. The number of anilines is 1. The Balaban J connectivity index is 1.65. The molecule has 28 heavy (non-hydrogen) atoms. The van der Waals surface area contributed by atoms with E-state index in [0.29, 0.717) is 17.4 Å². The Morgan fingerprint density at radius 2 is 1.64 bits per heavy atom. The largest absolute Gasteiger partial charge is 0.508 e. The molecule has 0 bridgehead atoms. The van der Waals surface area contributed by atoms with Crippen molar-refractivity contribution in [2.24, 2.45) is 0 Å². The van der Waals surface area contributed by atoms with Gasteiger partial charge in [0.25, 0.3) is 0 Å².